The van der Waals surface area contributed by atoms with Crippen LogP contribution in [0.4, 0.5) is 0 Å². The van der Waals surface area contributed by atoms with Crippen molar-refractivity contribution >= 4 is 5.91 Å². The Hall–Kier alpha value is -2.42. The average molecular weight is 238 g/mol. The number of amides is 1. The quantitative estimate of drug-likeness (QED) is 0.832. The molecule has 0 saturated carbocycles. The Kier molecular flexibility index (Phi) is 3.53. The molecule has 0 aliphatic rings. The van der Waals surface area contributed by atoms with E-state index in [1.807, 2.05) is 30.3 Å². The van der Waals surface area contributed by atoms with Crippen molar-refractivity contribution in [3.8, 4) is 11.3 Å². The summed E-state index contributed by atoms with van der Waals surface area (Å²) in [5.41, 5.74) is 8.55. The molecule has 3 nitrogen and oxygen atoms in total. The Morgan fingerprint density at radius 3 is 2.72 bits per heavy atom. The van der Waals surface area contributed by atoms with Crippen LogP contribution in [0.5, 0.6) is 0 Å². The maximum Gasteiger partial charge on any atom is 0.249 e. The second-order valence-corrected chi connectivity index (χ2v) is 3.90. The van der Waals surface area contributed by atoms with Crippen molar-refractivity contribution in [2.45, 2.75) is 6.42 Å². The highest BCUT2D eigenvalue weighted by atomic mass is 16.1. The second kappa shape index (κ2) is 5.27. The second-order valence-electron chi connectivity index (χ2n) is 3.90. The third-order valence-electron chi connectivity index (χ3n) is 2.73. The number of nitrogens with two attached hydrogens (primary N) is 1. The normalized spacial score (nSPS) is 10.0. The predicted octanol–water partition coefficient (Wildman–Crippen LogP) is 2.58. The van der Waals surface area contributed by atoms with E-state index < -0.39 is 5.91 Å². The van der Waals surface area contributed by atoms with Crippen LogP contribution in [0.2, 0.25) is 0 Å². The van der Waals surface area contributed by atoms with Crippen LogP contribution in [0.3, 0.4) is 0 Å². The first-order chi connectivity index (χ1) is 8.74. The maximum atomic E-state index is 11.4. The van der Waals surface area contributed by atoms with Crippen molar-refractivity contribution in [2.24, 2.45) is 5.73 Å². The van der Waals surface area contributed by atoms with E-state index in [9.17, 15) is 4.79 Å². The molecule has 2 aromatic rings. The minimum atomic E-state index is -0.426. The number of benzene rings is 1. The van der Waals surface area contributed by atoms with Crippen LogP contribution in [0.15, 0.2) is 55.3 Å². The molecule has 0 atom stereocenters. The molecule has 1 heterocycles. The SMILES string of the molecule is C=CCc1c(C(N)=O)cccc1-c1ccccn1. The summed E-state index contributed by atoms with van der Waals surface area (Å²) >= 11 is 0. The minimum Gasteiger partial charge on any atom is -0.366 e. The van der Waals surface area contributed by atoms with Crippen molar-refractivity contribution in [1.29, 1.82) is 0 Å². The summed E-state index contributed by atoms with van der Waals surface area (Å²) in [6.07, 6.45) is 4.07. The molecule has 0 spiro atoms. The summed E-state index contributed by atoms with van der Waals surface area (Å²) in [7, 11) is 0. The summed E-state index contributed by atoms with van der Waals surface area (Å²) < 4.78 is 0. The van der Waals surface area contributed by atoms with Crippen LogP contribution in [0.25, 0.3) is 11.3 Å². The van der Waals surface area contributed by atoms with E-state index in [4.69, 9.17) is 5.73 Å². The third kappa shape index (κ3) is 2.30. The third-order valence-corrected chi connectivity index (χ3v) is 2.73. The fourth-order valence-corrected chi connectivity index (χ4v) is 1.94. The number of primary amides is 1. The molecule has 3 heteroatoms. The number of carbonyl (C=O) groups excluding carboxylic acids is 1. The summed E-state index contributed by atoms with van der Waals surface area (Å²) in [4.78, 5) is 15.8. The molecule has 2 N–H and O–H groups in total. The lowest BCUT2D eigenvalue weighted by Gasteiger charge is -2.11. The zero-order valence-corrected chi connectivity index (χ0v) is 9.97. The Morgan fingerprint density at radius 2 is 2.11 bits per heavy atom. The summed E-state index contributed by atoms with van der Waals surface area (Å²) in [6, 6.07) is 11.2. The van der Waals surface area contributed by atoms with Gasteiger partial charge in [0.25, 0.3) is 0 Å². The minimum absolute atomic E-state index is 0.426. The summed E-state index contributed by atoms with van der Waals surface area (Å²) in [5, 5.41) is 0. The van der Waals surface area contributed by atoms with Gasteiger partial charge < -0.3 is 5.73 Å². The number of hydrogen-bond acceptors (Lipinski definition) is 2. The van der Waals surface area contributed by atoms with Gasteiger partial charge in [-0.05, 0) is 30.2 Å². The Bertz CT molecular complexity index is 576. The van der Waals surface area contributed by atoms with Crippen LogP contribution >= 0.6 is 0 Å². The Labute approximate surface area is 106 Å². The first kappa shape index (κ1) is 12.0. The molecule has 90 valence electrons. The zero-order valence-electron chi connectivity index (χ0n) is 9.97. The molecule has 0 aliphatic heterocycles. The van der Waals surface area contributed by atoms with E-state index in [2.05, 4.69) is 11.6 Å². The summed E-state index contributed by atoms with van der Waals surface area (Å²) in [6.45, 7) is 3.72. The van der Waals surface area contributed by atoms with Crippen molar-refractivity contribution in [1.82, 2.24) is 4.98 Å². The predicted molar refractivity (Wildman–Crippen MR) is 72.1 cm³/mol. The van der Waals surface area contributed by atoms with E-state index in [0.29, 0.717) is 12.0 Å². The first-order valence-corrected chi connectivity index (χ1v) is 5.68. The van der Waals surface area contributed by atoms with Gasteiger partial charge in [0.2, 0.25) is 5.91 Å². The first-order valence-electron chi connectivity index (χ1n) is 5.68. The van der Waals surface area contributed by atoms with Crippen LogP contribution in [0, 0.1) is 0 Å². The zero-order chi connectivity index (χ0) is 13.0. The van der Waals surface area contributed by atoms with E-state index in [-0.39, 0.29) is 0 Å². The van der Waals surface area contributed by atoms with E-state index in [1.165, 1.54) is 0 Å². The number of carbonyl (C=O) groups is 1. The van der Waals surface area contributed by atoms with Gasteiger partial charge in [0, 0.05) is 17.3 Å². The van der Waals surface area contributed by atoms with Gasteiger partial charge in [0.05, 0.1) is 5.69 Å². The van der Waals surface area contributed by atoms with Crippen molar-refractivity contribution in [3.63, 3.8) is 0 Å². The van der Waals surface area contributed by atoms with Gasteiger partial charge in [-0.25, -0.2) is 0 Å². The molecule has 0 aliphatic carbocycles. The molecule has 0 bridgehead atoms. The lowest BCUT2D eigenvalue weighted by molar-refractivity contribution is 0.0999. The van der Waals surface area contributed by atoms with Crippen molar-refractivity contribution in [2.75, 3.05) is 0 Å². The van der Waals surface area contributed by atoms with Gasteiger partial charge in [-0.2, -0.15) is 0 Å². The average Bonchev–Trinajstić information content (AvgIpc) is 2.40. The smallest absolute Gasteiger partial charge is 0.249 e. The Morgan fingerprint density at radius 1 is 1.28 bits per heavy atom. The number of allylic oxidation sites excluding steroid dienone is 1. The molecular weight excluding hydrogens is 224 g/mol. The maximum absolute atomic E-state index is 11.4. The van der Waals surface area contributed by atoms with E-state index >= 15 is 0 Å². The van der Waals surface area contributed by atoms with Gasteiger partial charge in [0.1, 0.15) is 0 Å². The van der Waals surface area contributed by atoms with Gasteiger partial charge in [-0.1, -0.05) is 24.3 Å². The monoisotopic (exact) mass is 238 g/mol. The fourth-order valence-electron chi connectivity index (χ4n) is 1.94. The van der Waals surface area contributed by atoms with Crippen LogP contribution in [-0.4, -0.2) is 10.9 Å². The highest BCUT2D eigenvalue weighted by molar-refractivity contribution is 5.96. The molecule has 1 aromatic carbocycles. The molecule has 18 heavy (non-hydrogen) atoms. The lowest BCUT2D eigenvalue weighted by atomic mass is 9.95. The van der Waals surface area contributed by atoms with Gasteiger partial charge in [-0.15, -0.1) is 6.58 Å². The van der Waals surface area contributed by atoms with E-state index in [0.717, 1.165) is 16.8 Å². The standard InChI is InChI=1S/C15H14N2O/c1-2-6-11-12(14-9-3-4-10-17-14)7-5-8-13(11)15(16)18/h2-5,7-10H,1,6H2,(H2,16,18). The number of hydrogen-bond donors (Lipinski definition) is 1. The molecule has 2 rings (SSSR count). The van der Waals surface area contributed by atoms with Gasteiger partial charge >= 0.3 is 0 Å². The lowest BCUT2D eigenvalue weighted by Crippen LogP contribution is -2.14. The number of nitrogens with zero attached hydrogens (tertiary/aromatic N) is 1. The van der Waals surface area contributed by atoms with Crippen LogP contribution in [-0.2, 0) is 6.42 Å². The van der Waals surface area contributed by atoms with Gasteiger partial charge in [0.15, 0.2) is 0 Å². The highest BCUT2D eigenvalue weighted by Gasteiger charge is 2.12. The number of aromatic nitrogens is 1. The number of rotatable bonds is 4. The van der Waals surface area contributed by atoms with Crippen molar-refractivity contribution < 1.29 is 4.79 Å². The number of pyridine rings is 1. The van der Waals surface area contributed by atoms with Crippen LogP contribution in [0.1, 0.15) is 15.9 Å². The molecule has 0 radical (unpaired) electrons. The van der Waals surface area contributed by atoms with Gasteiger partial charge in [-0.3, -0.25) is 9.78 Å². The topological polar surface area (TPSA) is 56.0 Å². The van der Waals surface area contributed by atoms with Crippen molar-refractivity contribution in [3.05, 3.63) is 66.4 Å². The molecule has 0 saturated heterocycles. The fraction of sp³-hybridized carbons (Fsp3) is 0.0667. The molecular formula is C15H14N2O. The molecule has 1 aromatic heterocycles. The molecule has 0 fully saturated rings. The Balaban J connectivity index is 2.63. The van der Waals surface area contributed by atoms with Crippen LogP contribution < -0.4 is 5.73 Å². The highest BCUT2D eigenvalue weighted by Crippen LogP contribution is 2.25. The molecule has 1 amide bonds. The summed E-state index contributed by atoms with van der Waals surface area (Å²) in [5.74, 6) is -0.426. The van der Waals surface area contributed by atoms with E-state index in [1.54, 1.807) is 18.3 Å². The largest absolute Gasteiger partial charge is 0.366 e. The molecule has 0 unspecified atom stereocenters.